The maximum atomic E-state index is 6.16. The van der Waals surface area contributed by atoms with E-state index in [1.165, 1.54) is 10.4 Å². The third-order valence-corrected chi connectivity index (χ3v) is 5.47. The first-order chi connectivity index (χ1) is 8.52. The highest BCUT2D eigenvalue weighted by Gasteiger charge is 2.16. The van der Waals surface area contributed by atoms with Gasteiger partial charge in [0.1, 0.15) is 0 Å². The Balaban J connectivity index is 2.41. The van der Waals surface area contributed by atoms with E-state index in [0.29, 0.717) is 0 Å². The first-order valence-electron chi connectivity index (χ1n) is 5.51. The highest BCUT2D eigenvalue weighted by molar-refractivity contribution is 9.11. The minimum Gasteiger partial charge on any atom is -0.271 e. The Hall–Kier alpha value is -0.390. The molecule has 0 aliphatic rings. The Labute approximate surface area is 124 Å². The number of aryl methyl sites for hydroxylation is 2. The van der Waals surface area contributed by atoms with Crippen molar-refractivity contribution in [2.24, 2.45) is 5.84 Å². The van der Waals surface area contributed by atoms with Gasteiger partial charge < -0.3 is 0 Å². The van der Waals surface area contributed by atoms with Gasteiger partial charge in [-0.1, -0.05) is 23.7 Å². The molecular weight excluding hydrogens is 332 g/mol. The molecule has 0 fully saturated rings. The second-order valence-corrected chi connectivity index (χ2v) is 7.02. The summed E-state index contributed by atoms with van der Waals surface area (Å²) in [5, 5.41) is 0.764. The number of hydrogen-bond donors (Lipinski definition) is 2. The summed E-state index contributed by atoms with van der Waals surface area (Å²) < 4.78 is 1.14. The van der Waals surface area contributed by atoms with E-state index < -0.39 is 0 Å². The lowest BCUT2D eigenvalue weighted by Crippen LogP contribution is -2.28. The minimum atomic E-state index is -0.0295. The Kier molecular flexibility index (Phi) is 4.45. The molecule has 2 nitrogen and oxygen atoms in total. The molecule has 1 unspecified atom stereocenters. The average molecular weight is 346 g/mol. The lowest BCUT2D eigenvalue weighted by atomic mass is 10.0. The molecule has 0 amide bonds. The number of nitrogens with two attached hydrogens (primary N) is 1. The van der Waals surface area contributed by atoms with Gasteiger partial charge in [0.05, 0.1) is 9.83 Å². The molecule has 1 aromatic carbocycles. The molecule has 0 aliphatic carbocycles. The van der Waals surface area contributed by atoms with Gasteiger partial charge in [0.15, 0.2) is 0 Å². The van der Waals surface area contributed by atoms with E-state index in [9.17, 15) is 0 Å². The van der Waals surface area contributed by atoms with Crippen molar-refractivity contribution in [3.05, 3.63) is 54.6 Å². The van der Waals surface area contributed by atoms with Crippen LogP contribution in [0.4, 0.5) is 0 Å². The Morgan fingerprint density at radius 1 is 1.28 bits per heavy atom. The molecule has 18 heavy (non-hydrogen) atoms. The highest BCUT2D eigenvalue weighted by Crippen LogP contribution is 2.34. The molecule has 96 valence electrons. The topological polar surface area (TPSA) is 38.0 Å². The van der Waals surface area contributed by atoms with Crippen molar-refractivity contribution < 1.29 is 0 Å². The minimum absolute atomic E-state index is 0.0295. The third-order valence-electron chi connectivity index (χ3n) is 2.86. The van der Waals surface area contributed by atoms with Crippen LogP contribution in [0.5, 0.6) is 0 Å². The van der Waals surface area contributed by atoms with Crippen LogP contribution in [0.15, 0.2) is 28.1 Å². The molecule has 5 heteroatoms. The monoisotopic (exact) mass is 344 g/mol. The van der Waals surface area contributed by atoms with Crippen molar-refractivity contribution >= 4 is 38.9 Å². The van der Waals surface area contributed by atoms with E-state index in [1.54, 1.807) is 11.3 Å². The van der Waals surface area contributed by atoms with Gasteiger partial charge >= 0.3 is 0 Å². The maximum Gasteiger partial charge on any atom is 0.0803 e. The van der Waals surface area contributed by atoms with Crippen LogP contribution < -0.4 is 11.3 Å². The van der Waals surface area contributed by atoms with Gasteiger partial charge in [-0.3, -0.25) is 5.84 Å². The number of rotatable bonds is 3. The third kappa shape index (κ3) is 2.78. The zero-order valence-electron chi connectivity index (χ0n) is 10.1. The van der Waals surface area contributed by atoms with E-state index in [4.69, 9.17) is 17.4 Å². The number of benzene rings is 1. The van der Waals surface area contributed by atoms with Crippen LogP contribution in [0, 0.1) is 13.8 Å². The fraction of sp³-hybridized carbons (Fsp3) is 0.231. The van der Waals surface area contributed by atoms with Crippen LogP contribution in [0.3, 0.4) is 0 Å². The lowest BCUT2D eigenvalue weighted by Gasteiger charge is -2.15. The Morgan fingerprint density at radius 3 is 2.50 bits per heavy atom. The normalized spacial score (nSPS) is 12.7. The molecule has 1 aromatic heterocycles. The van der Waals surface area contributed by atoms with Crippen LogP contribution in [0.1, 0.15) is 27.6 Å². The van der Waals surface area contributed by atoms with Gasteiger partial charge in [-0.15, -0.1) is 11.3 Å². The summed E-state index contributed by atoms with van der Waals surface area (Å²) in [6.45, 7) is 4.06. The number of hydrogen-bond acceptors (Lipinski definition) is 3. The largest absolute Gasteiger partial charge is 0.271 e. The maximum absolute atomic E-state index is 6.16. The van der Waals surface area contributed by atoms with Crippen molar-refractivity contribution in [1.82, 2.24) is 5.43 Å². The number of halogens is 2. The molecule has 3 N–H and O–H groups in total. The van der Waals surface area contributed by atoms with Gasteiger partial charge in [-0.05, 0) is 58.6 Å². The predicted octanol–water partition coefficient (Wildman–Crippen LogP) is 4.33. The summed E-state index contributed by atoms with van der Waals surface area (Å²) in [5.74, 6) is 5.68. The summed E-state index contributed by atoms with van der Waals surface area (Å²) in [5.41, 5.74) is 6.21. The summed E-state index contributed by atoms with van der Waals surface area (Å²) in [4.78, 5) is 1.17. The van der Waals surface area contributed by atoms with Crippen molar-refractivity contribution in [1.29, 1.82) is 0 Å². The molecule has 0 bridgehead atoms. The molecule has 0 spiro atoms. The average Bonchev–Trinajstić information content (AvgIpc) is 2.65. The number of hydrazine groups is 1. The van der Waals surface area contributed by atoms with Gasteiger partial charge in [0.2, 0.25) is 0 Å². The first-order valence-corrected chi connectivity index (χ1v) is 7.49. The Morgan fingerprint density at radius 2 is 2.00 bits per heavy atom. The summed E-state index contributed by atoms with van der Waals surface area (Å²) >= 11 is 11.4. The molecule has 2 rings (SSSR count). The molecule has 0 radical (unpaired) electrons. The summed E-state index contributed by atoms with van der Waals surface area (Å²) in [7, 11) is 0. The van der Waals surface area contributed by atoms with Crippen LogP contribution in [-0.2, 0) is 0 Å². The van der Waals surface area contributed by atoms with E-state index in [-0.39, 0.29) is 6.04 Å². The smallest absolute Gasteiger partial charge is 0.0803 e. The van der Waals surface area contributed by atoms with Crippen molar-refractivity contribution in [2.75, 3.05) is 0 Å². The second kappa shape index (κ2) is 5.72. The van der Waals surface area contributed by atoms with Gasteiger partial charge in [0.25, 0.3) is 0 Å². The molecule has 1 atom stereocenters. The van der Waals surface area contributed by atoms with E-state index in [2.05, 4.69) is 40.4 Å². The molecule has 0 aliphatic heterocycles. The standard InChI is InChI=1S/C13H14BrClN2S/c1-7-3-4-9(6-10(7)15)12(17-16)11-5-8(2)13(14)18-11/h3-6,12,17H,16H2,1-2H3. The highest BCUT2D eigenvalue weighted by atomic mass is 79.9. The SMILES string of the molecule is Cc1ccc(C(NN)c2cc(C)c(Br)s2)cc1Cl. The van der Waals surface area contributed by atoms with Gasteiger partial charge in [-0.25, -0.2) is 5.43 Å². The zero-order chi connectivity index (χ0) is 13.3. The van der Waals surface area contributed by atoms with E-state index in [1.807, 2.05) is 19.1 Å². The molecular formula is C13H14BrClN2S. The van der Waals surface area contributed by atoms with Crippen molar-refractivity contribution in [3.8, 4) is 0 Å². The fourth-order valence-corrected chi connectivity index (χ4v) is 3.61. The predicted molar refractivity (Wildman–Crippen MR) is 82.1 cm³/mol. The van der Waals surface area contributed by atoms with Gasteiger partial charge in [-0.2, -0.15) is 0 Å². The zero-order valence-corrected chi connectivity index (χ0v) is 13.3. The molecule has 2 aromatic rings. The van der Waals surface area contributed by atoms with Crippen LogP contribution in [0.2, 0.25) is 5.02 Å². The quantitative estimate of drug-likeness (QED) is 0.642. The molecule has 0 saturated heterocycles. The van der Waals surface area contributed by atoms with E-state index >= 15 is 0 Å². The lowest BCUT2D eigenvalue weighted by molar-refractivity contribution is 0.646. The Bertz CT molecular complexity index is 549. The van der Waals surface area contributed by atoms with Gasteiger partial charge in [0, 0.05) is 9.90 Å². The van der Waals surface area contributed by atoms with Crippen LogP contribution in [-0.4, -0.2) is 0 Å². The van der Waals surface area contributed by atoms with Crippen molar-refractivity contribution in [3.63, 3.8) is 0 Å². The molecule has 1 heterocycles. The second-order valence-electron chi connectivity index (χ2n) is 4.21. The molecule has 0 saturated carbocycles. The fourth-order valence-electron chi connectivity index (χ4n) is 1.76. The van der Waals surface area contributed by atoms with E-state index in [0.717, 1.165) is 19.9 Å². The van der Waals surface area contributed by atoms with Crippen LogP contribution in [0.25, 0.3) is 0 Å². The summed E-state index contributed by atoms with van der Waals surface area (Å²) in [6.07, 6.45) is 0. The number of nitrogens with one attached hydrogen (secondary N) is 1. The first kappa shape index (κ1) is 14.0. The summed E-state index contributed by atoms with van der Waals surface area (Å²) in [6, 6.07) is 8.13. The van der Waals surface area contributed by atoms with Crippen molar-refractivity contribution in [2.45, 2.75) is 19.9 Å². The number of thiophene rings is 1. The van der Waals surface area contributed by atoms with Crippen LogP contribution >= 0.6 is 38.9 Å².